The van der Waals surface area contributed by atoms with E-state index in [1.807, 2.05) is 18.2 Å². The molecular weight excluding hydrogens is 354 g/mol. The highest BCUT2D eigenvalue weighted by Gasteiger charge is 2.37. The number of anilines is 1. The number of aromatic carboxylic acids is 1. The fourth-order valence-electron chi connectivity index (χ4n) is 3.75. The van der Waals surface area contributed by atoms with E-state index < -0.39 is 5.97 Å². The minimum Gasteiger partial charge on any atom is -0.545 e. The van der Waals surface area contributed by atoms with Crippen LogP contribution in [0.2, 0.25) is 0 Å². The minimum absolute atomic E-state index is 0.216. The summed E-state index contributed by atoms with van der Waals surface area (Å²) in [5, 5.41) is 14.8. The Balaban J connectivity index is 1.79. The van der Waals surface area contributed by atoms with Gasteiger partial charge >= 0.3 is 0 Å². The van der Waals surface area contributed by atoms with Crippen LogP contribution in [0.1, 0.15) is 39.9 Å². The van der Waals surface area contributed by atoms with Crippen LogP contribution in [0.4, 0.5) is 5.69 Å². The van der Waals surface area contributed by atoms with Gasteiger partial charge in [-0.1, -0.05) is 46.3 Å². The summed E-state index contributed by atoms with van der Waals surface area (Å²) in [5.41, 5.74) is 3.54. The number of fused-ring (bicyclic) bond motifs is 3. The van der Waals surface area contributed by atoms with E-state index >= 15 is 0 Å². The summed E-state index contributed by atoms with van der Waals surface area (Å²) in [6.45, 7) is 0. The molecule has 1 heterocycles. The van der Waals surface area contributed by atoms with E-state index in [1.54, 1.807) is 12.1 Å². The van der Waals surface area contributed by atoms with Crippen LogP contribution in [0.5, 0.6) is 0 Å². The normalized spacial score (nSPS) is 24.7. The maximum Gasteiger partial charge on any atom is 0.0715 e. The van der Waals surface area contributed by atoms with E-state index in [9.17, 15) is 9.90 Å². The Bertz CT molecular complexity index is 815. The van der Waals surface area contributed by atoms with Gasteiger partial charge in [0, 0.05) is 16.1 Å². The quantitative estimate of drug-likeness (QED) is 0.823. The number of rotatable bonds is 2. The second-order valence-electron chi connectivity index (χ2n) is 6.12. The van der Waals surface area contributed by atoms with Crippen molar-refractivity contribution in [1.82, 2.24) is 0 Å². The number of allylic oxidation sites excluding steroid dienone is 2. The molecule has 0 spiro atoms. The molecule has 0 saturated carbocycles. The third kappa shape index (κ3) is 2.47. The molecule has 2 aromatic rings. The zero-order valence-electron chi connectivity index (χ0n) is 12.3. The lowest BCUT2D eigenvalue weighted by Gasteiger charge is -2.38. The number of hydrogen-bond acceptors (Lipinski definition) is 3. The number of carbonyl (C=O) groups is 1. The highest BCUT2D eigenvalue weighted by molar-refractivity contribution is 9.10. The highest BCUT2D eigenvalue weighted by atomic mass is 79.9. The lowest BCUT2D eigenvalue weighted by molar-refractivity contribution is -0.255. The lowest BCUT2D eigenvalue weighted by atomic mass is 9.76. The van der Waals surface area contributed by atoms with Gasteiger partial charge in [-0.05, 0) is 53.3 Å². The number of benzene rings is 2. The molecule has 3 atom stereocenters. The molecule has 0 amide bonds. The van der Waals surface area contributed by atoms with Gasteiger partial charge in [0.2, 0.25) is 0 Å². The van der Waals surface area contributed by atoms with Crippen LogP contribution in [-0.2, 0) is 0 Å². The van der Waals surface area contributed by atoms with Gasteiger partial charge in [0.15, 0.2) is 0 Å². The molecule has 0 radical (unpaired) electrons. The third-order valence-corrected chi connectivity index (χ3v) is 5.30. The van der Waals surface area contributed by atoms with Crippen LogP contribution in [0, 0.1) is 5.92 Å². The van der Waals surface area contributed by atoms with Gasteiger partial charge in [-0.3, -0.25) is 0 Å². The van der Waals surface area contributed by atoms with Crippen molar-refractivity contribution in [3.8, 4) is 0 Å². The Morgan fingerprint density at radius 3 is 2.87 bits per heavy atom. The number of carboxylic acid groups (broad SMARTS) is 1. The molecule has 4 rings (SSSR count). The summed E-state index contributed by atoms with van der Waals surface area (Å²) in [6.07, 6.45) is 5.39. The largest absolute Gasteiger partial charge is 0.545 e. The summed E-state index contributed by atoms with van der Waals surface area (Å²) < 4.78 is 1.07. The monoisotopic (exact) mass is 368 g/mol. The molecule has 1 aliphatic heterocycles. The average Bonchev–Trinajstić information content (AvgIpc) is 3.03. The zero-order chi connectivity index (χ0) is 16.0. The van der Waals surface area contributed by atoms with Crippen molar-refractivity contribution in [1.29, 1.82) is 0 Å². The summed E-state index contributed by atoms with van der Waals surface area (Å²) in [7, 11) is 0. The second-order valence-corrected chi connectivity index (χ2v) is 7.04. The summed E-state index contributed by atoms with van der Waals surface area (Å²) in [4.78, 5) is 11.1. The Kier molecular flexibility index (Phi) is 3.49. The van der Waals surface area contributed by atoms with Gasteiger partial charge in [-0.2, -0.15) is 0 Å². The molecule has 0 aromatic heterocycles. The molecule has 23 heavy (non-hydrogen) atoms. The standard InChI is InChI=1S/C19H16BrNO2/c20-13-4-1-3-11(9-13)18-15-6-2-5-14(15)16-10-12(19(22)23)7-8-17(16)21-18/h1-5,7-10,14-15,18,21H,6H2,(H,22,23)/p-1/t14-,15+,18-/m0/s1. The number of carboxylic acids is 1. The molecule has 1 aliphatic carbocycles. The maximum atomic E-state index is 11.1. The van der Waals surface area contributed by atoms with E-state index in [-0.39, 0.29) is 17.5 Å². The van der Waals surface area contributed by atoms with Crippen LogP contribution < -0.4 is 10.4 Å². The molecule has 1 N–H and O–H groups in total. The highest BCUT2D eigenvalue weighted by Crippen LogP contribution is 2.50. The number of carbonyl (C=O) groups excluding carboxylic acids is 1. The fraction of sp³-hybridized carbons (Fsp3) is 0.211. The fourth-order valence-corrected chi connectivity index (χ4v) is 4.17. The van der Waals surface area contributed by atoms with Crippen LogP contribution in [0.15, 0.2) is 59.1 Å². The Hall–Kier alpha value is -2.07. The first-order valence-corrected chi connectivity index (χ1v) is 8.47. The van der Waals surface area contributed by atoms with Gasteiger partial charge in [-0.25, -0.2) is 0 Å². The number of hydrogen-bond donors (Lipinski definition) is 1. The van der Waals surface area contributed by atoms with Crippen molar-refractivity contribution in [3.63, 3.8) is 0 Å². The van der Waals surface area contributed by atoms with Crippen LogP contribution in [-0.4, -0.2) is 5.97 Å². The molecule has 2 aromatic carbocycles. The number of halogens is 1. The molecule has 116 valence electrons. The van der Waals surface area contributed by atoms with Crippen molar-refractivity contribution < 1.29 is 9.90 Å². The maximum absolute atomic E-state index is 11.1. The SMILES string of the molecule is O=C([O-])c1ccc2c(c1)[C@H]1C=CC[C@H]1[C@H](c1cccc(Br)c1)N2. The van der Waals surface area contributed by atoms with Crippen molar-refractivity contribution in [2.45, 2.75) is 18.4 Å². The smallest absolute Gasteiger partial charge is 0.0715 e. The third-order valence-electron chi connectivity index (χ3n) is 4.81. The van der Waals surface area contributed by atoms with Crippen molar-refractivity contribution in [2.75, 3.05) is 5.32 Å². The van der Waals surface area contributed by atoms with Crippen molar-refractivity contribution in [3.05, 3.63) is 75.8 Å². The van der Waals surface area contributed by atoms with Crippen LogP contribution in [0.3, 0.4) is 0 Å². The molecule has 4 heteroatoms. The molecule has 3 nitrogen and oxygen atoms in total. The predicted molar refractivity (Wildman–Crippen MR) is 91.3 cm³/mol. The molecule has 0 saturated heterocycles. The molecule has 0 bridgehead atoms. The Labute approximate surface area is 143 Å². The van der Waals surface area contributed by atoms with E-state index in [4.69, 9.17) is 0 Å². The van der Waals surface area contributed by atoms with E-state index in [2.05, 4.69) is 45.5 Å². The van der Waals surface area contributed by atoms with E-state index in [0.29, 0.717) is 5.92 Å². The molecular formula is C19H15BrNO2-. The van der Waals surface area contributed by atoms with Crippen molar-refractivity contribution >= 4 is 27.6 Å². The van der Waals surface area contributed by atoms with E-state index in [0.717, 1.165) is 22.1 Å². The van der Waals surface area contributed by atoms with Gasteiger partial charge in [-0.15, -0.1) is 0 Å². The van der Waals surface area contributed by atoms with E-state index in [1.165, 1.54) is 5.56 Å². The molecule has 0 unspecified atom stereocenters. The Morgan fingerprint density at radius 1 is 1.22 bits per heavy atom. The first-order valence-electron chi connectivity index (χ1n) is 7.67. The predicted octanol–water partition coefficient (Wildman–Crippen LogP) is 3.64. The average molecular weight is 369 g/mol. The van der Waals surface area contributed by atoms with Crippen LogP contribution in [0.25, 0.3) is 0 Å². The van der Waals surface area contributed by atoms with Crippen molar-refractivity contribution in [2.24, 2.45) is 5.92 Å². The van der Waals surface area contributed by atoms with Gasteiger partial charge in [0.25, 0.3) is 0 Å². The summed E-state index contributed by atoms with van der Waals surface area (Å²) in [5.74, 6) is -0.483. The van der Waals surface area contributed by atoms with Gasteiger partial charge in [0.05, 0.1) is 12.0 Å². The summed E-state index contributed by atoms with van der Waals surface area (Å²) in [6, 6.07) is 13.8. The first kappa shape index (κ1) is 14.5. The lowest BCUT2D eigenvalue weighted by Crippen LogP contribution is -2.30. The summed E-state index contributed by atoms with van der Waals surface area (Å²) >= 11 is 3.54. The Morgan fingerprint density at radius 2 is 2.09 bits per heavy atom. The van der Waals surface area contributed by atoms with Gasteiger partial charge < -0.3 is 15.2 Å². The van der Waals surface area contributed by atoms with Crippen LogP contribution >= 0.6 is 15.9 Å². The topological polar surface area (TPSA) is 52.2 Å². The number of nitrogens with one attached hydrogen (secondary N) is 1. The van der Waals surface area contributed by atoms with Gasteiger partial charge in [0.1, 0.15) is 0 Å². The molecule has 0 fully saturated rings. The zero-order valence-corrected chi connectivity index (χ0v) is 13.9. The molecule has 2 aliphatic rings. The minimum atomic E-state index is -1.12. The first-order chi connectivity index (χ1) is 11.1. The second kappa shape index (κ2) is 5.53.